The molecule has 5 nitrogen and oxygen atoms in total. The Bertz CT molecular complexity index is 633. The van der Waals surface area contributed by atoms with Gasteiger partial charge in [-0.25, -0.2) is 0 Å². The number of hydrogen-bond donors (Lipinski definition) is 2. The van der Waals surface area contributed by atoms with Gasteiger partial charge in [0.2, 0.25) is 5.91 Å². The number of aliphatic hydroxyl groups is 1. The first-order valence-electron chi connectivity index (χ1n) is 7.50. The molecule has 3 atom stereocenters. The molecule has 1 aromatic rings. The van der Waals surface area contributed by atoms with E-state index in [0.29, 0.717) is 11.6 Å². The van der Waals surface area contributed by atoms with Crippen molar-refractivity contribution in [3.63, 3.8) is 0 Å². The topological polar surface area (TPSA) is 69.6 Å². The van der Waals surface area contributed by atoms with Crippen LogP contribution in [0.3, 0.4) is 0 Å². The van der Waals surface area contributed by atoms with E-state index >= 15 is 0 Å². The number of hydrogen-bond acceptors (Lipinski definition) is 3. The molecule has 1 aromatic carbocycles. The number of halogens is 3. The standard InChI is InChI=1S/C16H19F3N2O3/c1-9-6-12(9)14(23)20-11-5-3-4-10(7-11)15(24)21(2)8-13(22)16(17,18)19/h3-5,7,9,12-13,22H,6,8H2,1-2H3,(H,20,23). The zero-order valence-electron chi connectivity index (χ0n) is 13.3. The Labute approximate surface area is 137 Å². The molecule has 0 radical (unpaired) electrons. The fourth-order valence-electron chi connectivity index (χ4n) is 2.32. The molecule has 1 aliphatic carbocycles. The molecule has 3 unspecified atom stereocenters. The molecule has 8 heteroatoms. The van der Waals surface area contributed by atoms with Crippen LogP contribution < -0.4 is 5.32 Å². The van der Waals surface area contributed by atoms with Crippen LogP contribution in [0.5, 0.6) is 0 Å². The van der Waals surface area contributed by atoms with Crippen molar-refractivity contribution in [1.82, 2.24) is 4.90 Å². The number of carbonyl (C=O) groups excluding carboxylic acids is 2. The summed E-state index contributed by atoms with van der Waals surface area (Å²) >= 11 is 0. The summed E-state index contributed by atoms with van der Waals surface area (Å²) in [5.41, 5.74) is 0.545. The molecule has 132 valence electrons. The highest BCUT2D eigenvalue weighted by Gasteiger charge is 2.40. The second-order valence-electron chi connectivity index (χ2n) is 6.13. The van der Waals surface area contributed by atoms with Crippen LogP contribution in [-0.2, 0) is 4.79 Å². The van der Waals surface area contributed by atoms with E-state index in [1.54, 1.807) is 6.07 Å². The number of benzene rings is 1. The summed E-state index contributed by atoms with van der Waals surface area (Å²) in [4.78, 5) is 24.9. The molecular weight excluding hydrogens is 325 g/mol. The number of likely N-dealkylation sites (N-methyl/N-ethyl adjacent to an activating group) is 1. The molecule has 0 aliphatic heterocycles. The fraction of sp³-hybridized carbons (Fsp3) is 0.500. The van der Waals surface area contributed by atoms with Crippen molar-refractivity contribution in [3.8, 4) is 0 Å². The maximum atomic E-state index is 12.4. The molecule has 1 fully saturated rings. The van der Waals surface area contributed by atoms with Gasteiger partial charge in [-0.2, -0.15) is 13.2 Å². The van der Waals surface area contributed by atoms with E-state index in [1.807, 2.05) is 6.92 Å². The average molecular weight is 344 g/mol. The minimum Gasteiger partial charge on any atom is -0.382 e. The Morgan fingerprint density at radius 3 is 2.58 bits per heavy atom. The lowest BCUT2D eigenvalue weighted by Gasteiger charge is -2.22. The van der Waals surface area contributed by atoms with Crippen LogP contribution in [-0.4, -0.2) is 47.7 Å². The number of carbonyl (C=O) groups is 2. The lowest BCUT2D eigenvalue weighted by Crippen LogP contribution is -2.41. The largest absolute Gasteiger partial charge is 0.416 e. The number of rotatable bonds is 5. The summed E-state index contributed by atoms with van der Waals surface area (Å²) in [7, 11) is 1.18. The molecular formula is C16H19F3N2O3. The Kier molecular flexibility index (Phi) is 5.17. The maximum Gasteiger partial charge on any atom is 0.416 e. The van der Waals surface area contributed by atoms with Crippen LogP contribution in [0.1, 0.15) is 23.7 Å². The highest BCUT2D eigenvalue weighted by atomic mass is 19.4. The summed E-state index contributed by atoms with van der Waals surface area (Å²) in [5, 5.41) is 11.7. The number of aliphatic hydroxyl groups excluding tert-OH is 1. The van der Waals surface area contributed by atoms with Crippen LogP contribution >= 0.6 is 0 Å². The number of anilines is 1. The minimum absolute atomic E-state index is 0.0334. The molecule has 2 amide bonds. The molecule has 24 heavy (non-hydrogen) atoms. The van der Waals surface area contributed by atoms with Crippen molar-refractivity contribution in [2.75, 3.05) is 18.9 Å². The summed E-state index contributed by atoms with van der Waals surface area (Å²) < 4.78 is 37.1. The van der Waals surface area contributed by atoms with Gasteiger partial charge in [0.15, 0.2) is 6.10 Å². The minimum atomic E-state index is -4.79. The van der Waals surface area contributed by atoms with Crippen molar-refractivity contribution in [3.05, 3.63) is 29.8 Å². The number of alkyl halides is 3. The molecule has 2 rings (SSSR count). The first kappa shape index (κ1) is 18.3. The molecule has 2 N–H and O–H groups in total. The van der Waals surface area contributed by atoms with Crippen LogP contribution in [0.2, 0.25) is 0 Å². The maximum absolute atomic E-state index is 12.4. The highest BCUT2D eigenvalue weighted by Crippen LogP contribution is 2.38. The predicted molar refractivity (Wildman–Crippen MR) is 81.4 cm³/mol. The van der Waals surface area contributed by atoms with Crippen LogP contribution in [0.15, 0.2) is 24.3 Å². The molecule has 0 saturated heterocycles. The van der Waals surface area contributed by atoms with E-state index in [9.17, 15) is 22.8 Å². The summed E-state index contributed by atoms with van der Waals surface area (Å²) in [5.74, 6) is -0.499. The van der Waals surface area contributed by atoms with E-state index in [4.69, 9.17) is 5.11 Å². The summed E-state index contributed by atoms with van der Waals surface area (Å²) in [6, 6.07) is 5.98. The average Bonchev–Trinajstić information content (AvgIpc) is 3.22. The Balaban J connectivity index is 2.01. The summed E-state index contributed by atoms with van der Waals surface area (Å²) in [6.07, 6.45) is -6.57. The molecule has 0 aromatic heterocycles. The van der Waals surface area contributed by atoms with Gasteiger partial charge in [0.25, 0.3) is 5.91 Å². The van der Waals surface area contributed by atoms with Crippen LogP contribution in [0, 0.1) is 11.8 Å². The molecule has 0 bridgehead atoms. The van der Waals surface area contributed by atoms with Crippen molar-refractivity contribution < 1.29 is 27.9 Å². The first-order valence-corrected chi connectivity index (χ1v) is 7.50. The second kappa shape index (κ2) is 6.80. The molecule has 0 spiro atoms. The Hall–Kier alpha value is -2.09. The summed E-state index contributed by atoms with van der Waals surface area (Å²) in [6.45, 7) is 1.10. The van der Waals surface area contributed by atoms with Crippen LogP contribution in [0.25, 0.3) is 0 Å². The molecule has 0 heterocycles. The second-order valence-corrected chi connectivity index (χ2v) is 6.13. The lowest BCUT2D eigenvalue weighted by atomic mass is 10.1. The van der Waals surface area contributed by atoms with Crippen molar-refractivity contribution in [2.45, 2.75) is 25.6 Å². The van der Waals surface area contributed by atoms with Gasteiger partial charge < -0.3 is 15.3 Å². The van der Waals surface area contributed by atoms with E-state index in [2.05, 4.69) is 5.32 Å². The highest BCUT2D eigenvalue weighted by molar-refractivity contribution is 5.98. The van der Waals surface area contributed by atoms with Crippen molar-refractivity contribution in [1.29, 1.82) is 0 Å². The van der Waals surface area contributed by atoms with Crippen molar-refractivity contribution >= 4 is 17.5 Å². The van der Waals surface area contributed by atoms with Gasteiger partial charge >= 0.3 is 6.18 Å². The fourth-order valence-corrected chi connectivity index (χ4v) is 2.32. The van der Waals surface area contributed by atoms with Gasteiger partial charge in [0.1, 0.15) is 0 Å². The van der Waals surface area contributed by atoms with E-state index in [1.165, 1.54) is 25.2 Å². The number of nitrogens with one attached hydrogen (secondary N) is 1. The predicted octanol–water partition coefficient (Wildman–Crippen LogP) is 2.28. The monoisotopic (exact) mass is 344 g/mol. The van der Waals surface area contributed by atoms with Crippen molar-refractivity contribution in [2.24, 2.45) is 11.8 Å². The smallest absolute Gasteiger partial charge is 0.382 e. The van der Waals surface area contributed by atoms with E-state index < -0.39 is 24.7 Å². The SMILES string of the molecule is CC1CC1C(=O)Nc1cccc(C(=O)N(C)CC(O)C(F)(F)F)c1. The first-order chi connectivity index (χ1) is 11.1. The number of amides is 2. The quantitative estimate of drug-likeness (QED) is 0.861. The normalized spacial score (nSPS) is 21.1. The molecule has 1 saturated carbocycles. The Morgan fingerprint density at radius 1 is 1.42 bits per heavy atom. The van der Waals surface area contributed by atoms with Gasteiger partial charge in [0, 0.05) is 24.2 Å². The van der Waals surface area contributed by atoms with Crippen LogP contribution in [0.4, 0.5) is 18.9 Å². The zero-order valence-corrected chi connectivity index (χ0v) is 13.3. The third kappa shape index (κ3) is 4.47. The number of nitrogens with zero attached hydrogens (tertiary/aromatic N) is 1. The Morgan fingerprint density at radius 2 is 2.04 bits per heavy atom. The van der Waals surface area contributed by atoms with Gasteiger partial charge in [-0.3, -0.25) is 9.59 Å². The van der Waals surface area contributed by atoms with E-state index in [0.717, 1.165) is 11.3 Å². The van der Waals surface area contributed by atoms with E-state index in [-0.39, 0.29) is 17.4 Å². The van der Waals surface area contributed by atoms with Gasteiger partial charge in [0.05, 0.1) is 6.54 Å². The lowest BCUT2D eigenvalue weighted by molar-refractivity contribution is -0.205. The third-order valence-corrected chi connectivity index (χ3v) is 3.99. The van der Waals surface area contributed by atoms with Gasteiger partial charge in [-0.05, 0) is 30.5 Å². The third-order valence-electron chi connectivity index (χ3n) is 3.99. The van der Waals surface area contributed by atoms with Gasteiger partial charge in [-0.1, -0.05) is 13.0 Å². The van der Waals surface area contributed by atoms with Gasteiger partial charge in [-0.15, -0.1) is 0 Å². The molecule has 1 aliphatic rings. The zero-order chi connectivity index (χ0) is 18.1.